The van der Waals surface area contributed by atoms with Gasteiger partial charge in [0, 0.05) is 18.1 Å². The molecule has 1 N–H and O–H groups in total. The number of hydrogen-bond acceptors (Lipinski definition) is 3. The van der Waals surface area contributed by atoms with Crippen LogP contribution in [0.2, 0.25) is 0 Å². The maximum Gasteiger partial charge on any atom is 0.133 e. The SMILES string of the molecule is Cc1c(-c2ccccc2)[nH]c(C2CCCOC2)nc1=S. The molecule has 2 aromatic rings. The van der Waals surface area contributed by atoms with Gasteiger partial charge in [-0.25, -0.2) is 4.98 Å². The summed E-state index contributed by atoms with van der Waals surface area (Å²) in [6.07, 6.45) is 2.19. The lowest BCUT2D eigenvalue weighted by Gasteiger charge is -2.22. The zero-order valence-electron chi connectivity index (χ0n) is 11.6. The second kappa shape index (κ2) is 5.85. The van der Waals surface area contributed by atoms with E-state index in [-0.39, 0.29) is 0 Å². The van der Waals surface area contributed by atoms with Crippen molar-refractivity contribution in [2.24, 2.45) is 0 Å². The largest absolute Gasteiger partial charge is 0.381 e. The Kier molecular flexibility index (Phi) is 3.94. The number of nitrogens with one attached hydrogen (secondary N) is 1. The first-order chi connectivity index (χ1) is 9.75. The second-order valence-electron chi connectivity index (χ2n) is 5.21. The predicted octanol–water partition coefficient (Wildman–Crippen LogP) is 4.01. The molecule has 1 aliphatic rings. The predicted molar refractivity (Wildman–Crippen MR) is 82.4 cm³/mol. The molecule has 1 saturated heterocycles. The number of nitrogens with zero attached hydrogens (tertiary/aromatic N) is 1. The van der Waals surface area contributed by atoms with Gasteiger partial charge in [-0.1, -0.05) is 42.5 Å². The molecule has 0 amide bonds. The molecule has 20 heavy (non-hydrogen) atoms. The molecule has 1 aromatic heterocycles. The number of aromatic nitrogens is 2. The minimum atomic E-state index is 0.327. The summed E-state index contributed by atoms with van der Waals surface area (Å²) in [4.78, 5) is 8.04. The summed E-state index contributed by atoms with van der Waals surface area (Å²) in [6.45, 7) is 3.61. The van der Waals surface area contributed by atoms with E-state index < -0.39 is 0 Å². The molecule has 0 saturated carbocycles. The van der Waals surface area contributed by atoms with Gasteiger partial charge in [0.05, 0.1) is 12.3 Å². The smallest absolute Gasteiger partial charge is 0.133 e. The van der Waals surface area contributed by atoms with E-state index in [0.717, 1.165) is 48.7 Å². The van der Waals surface area contributed by atoms with Gasteiger partial charge in [-0.3, -0.25) is 0 Å². The van der Waals surface area contributed by atoms with Crippen LogP contribution in [0.4, 0.5) is 0 Å². The van der Waals surface area contributed by atoms with E-state index in [1.54, 1.807) is 0 Å². The van der Waals surface area contributed by atoms with Gasteiger partial charge in [0.1, 0.15) is 10.5 Å². The van der Waals surface area contributed by atoms with Crippen LogP contribution >= 0.6 is 12.2 Å². The molecule has 0 aliphatic carbocycles. The number of rotatable bonds is 2. The Labute approximate surface area is 124 Å². The van der Waals surface area contributed by atoms with Crippen molar-refractivity contribution in [1.82, 2.24) is 9.97 Å². The van der Waals surface area contributed by atoms with Gasteiger partial charge in [-0.2, -0.15) is 0 Å². The standard InChI is InChI=1S/C16H18N2OS/c1-11-14(12-6-3-2-4-7-12)17-15(18-16(11)20)13-8-5-9-19-10-13/h2-4,6-7,13H,5,8-10H2,1H3,(H,17,18,20). The Bertz CT molecular complexity index is 645. The molecule has 3 nitrogen and oxygen atoms in total. The molecule has 104 valence electrons. The molecular weight excluding hydrogens is 268 g/mol. The van der Waals surface area contributed by atoms with Crippen LogP contribution in [0.25, 0.3) is 11.3 Å². The highest BCUT2D eigenvalue weighted by Crippen LogP contribution is 2.27. The molecule has 0 spiro atoms. The van der Waals surface area contributed by atoms with Gasteiger partial charge in [-0.05, 0) is 25.3 Å². The molecule has 1 unspecified atom stereocenters. The molecular formula is C16H18N2OS. The van der Waals surface area contributed by atoms with E-state index >= 15 is 0 Å². The van der Waals surface area contributed by atoms with E-state index in [1.807, 2.05) is 25.1 Å². The Morgan fingerprint density at radius 1 is 1.30 bits per heavy atom. The number of aromatic amines is 1. The normalized spacial score (nSPS) is 18.9. The second-order valence-corrected chi connectivity index (χ2v) is 5.59. The van der Waals surface area contributed by atoms with Gasteiger partial charge in [0.15, 0.2) is 0 Å². The summed E-state index contributed by atoms with van der Waals surface area (Å²) in [6, 6.07) is 10.3. The van der Waals surface area contributed by atoms with Gasteiger partial charge in [0.25, 0.3) is 0 Å². The maximum atomic E-state index is 5.56. The van der Waals surface area contributed by atoms with Crippen molar-refractivity contribution >= 4 is 12.2 Å². The number of benzene rings is 1. The first kappa shape index (κ1) is 13.5. The van der Waals surface area contributed by atoms with Crippen molar-refractivity contribution in [2.75, 3.05) is 13.2 Å². The summed E-state index contributed by atoms with van der Waals surface area (Å²) in [7, 11) is 0. The molecule has 3 rings (SSSR count). The van der Waals surface area contributed by atoms with Crippen LogP contribution in [0.3, 0.4) is 0 Å². The maximum absolute atomic E-state index is 5.56. The summed E-state index contributed by atoms with van der Waals surface area (Å²) in [5.41, 5.74) is 3.26. The van der Waals surface area contributed by atoms with Gasteiger partial charge in [-0.15, -0.1) is 0 Å². The summed E-state index contributed by atoms with van der Waals surface area (Å²) < 4.78 is 6.24. The highest BCUT2D eigenvalue weighted by atomic mass is 32.1. The van der Waals surface area contributed by atoms with E-state index in [9.17, 15) is 0 Å². The van der Waals surface area contributed by atoms with E-state index in [4.69, 9.17) is 17.0 Å². The van der Waals surface area contributed by atoms with Crippen LogP contribution in [-0.4, -0.2) is 23.2 Å². The zero-order valence-corrected chi connectivity index (χ0v) is 12.4. The number of ether oxygens (including phenoxy) is 1. The molecule has 1 aliphatic heterocycles. The topological polar surface area (TPSA) is 37.9 Å². The quantitative estimate of drug-likeness (QED) is 0.848. The van der Waals surface area contributed by atoms with Gasteiger partial charge < -0.3 is 9.72 Å². The molecule has 1 atom stereocenters. The Morgan fingerprint density at radius 3 is 2.80 bits per heavy atom. The first-order valence-corrected chi connectivity index (χ1v) is 7.40. The van der Waals surface area contributed by atoms with E-state index in [1.165, 1.54) is 0 Å². The highest BCUT2D eigenvalue weighted by molar-refractivity contribution is 7.71. The monoisotopic (exact) mass is 286 g/mol. The molecule has 0 radical (unpaired) electrons. The molecule has 4 heteroatoms. The van der Waals surface area contributed by atoms with Crippen LogP contribution < -0.4 is 0 Å². The van der Waals surface area contributed by atoms with Crippen molar-refractivity contribution in [3.05, 3.63) is 46.4 Å². The van der Waals surface area contributed by atoms with E-state index in [0.29, 0.717) is 10.6 Å². The third-order valence-electron chi connectivity index (χ3n) is 3.78. The third kappa shape index (κ3) is 2.67. The Hall–Kier alpha value is -1.52. The lowest BCUT2D eigenvalue weighted by Crippen LogP contribution is -2.18. The van der Waals surface area contributed by atoms with Crippen LogP contribution in [0, 0.1) is 11.6 Å². The lowest BCUT2D eigenvalue weighted by molar-refractivity contribution is 0.0780. The lowest BCUT2D eigenvalue weighted by atomic mass is 10.0. The first-order valence-electron chi connectivity index (χ1n) is 6.99. The Balaban J connectivity index is 2.06. The van der Waals surface area contributed by atoms with Crippen LogP contribution in [0.5, 0.6) is 0 Å². The number of hydrogen-bond donors (Lipinski definition) is 1. The third-order valence-corrected chi connectivity index (χ3v) is 4.18. The molecule has 1 aromatic carbocycles. The van der Waals surface area contributed by atoms with Crippen LogP contribution in [0.1, 0.15) is 30.1 Å². The van der Waals surface area contributed by atoms with Gasteiger partial charge >= 0.3 is 0 Å². The summed E-state index contributed by atoms with van der Waals surface area (Å²) >= 11 is 5.43. The van der Waals surface area contributed by atoms with E-state index in [2.05, 4.69) is 22.1 Å². The fourth-order valence-electron chi connectivity index (χ4n) is 2.59. The highest BCUT2D eigenvalue weighted by Gasteiger charge is 2.19. The van der Waals surface area contributed by atoms with Crippen LogP contribution in [0.15, 0.2) is 30.3 Å². The molecule has 0 bridgehead atoms. The van der Waals surface area contributed by atoms with Gasteiger partial charge in [0.2, 0.25) is 0 Å². The number of H-pyrrole nitrogens is 1. The minimum Gasteiger partial charge on any atom is -0.381 e. The fraction of sp³-hybridized carbons (Fsp3) is 0.375. The van der Waals surface area contributed by atoms with Crippen molar-refractivity contribution in [1.29, 1.82) is 0 Å². The minimum absolute atomic E-state index is 0.327. The fourth-order valence-corrected chi connectivity index (χ4v) is 2.79. The zero-order chi connectivity index (χ0) is 13.9. The van der Waals surface area contributed by atoms with Crippen molar-refractivity contribution in [3.63, 3.8) is 0 Å². The summed E-state index contributed by atoms with van der Waals surface area (Å²) in [5, 5.41) is 0. The van der Waals surface area contributed by atoms with Crippen molar-refractivity contribution in [2.45, 2.75) is 25.7 Å². The molecule has 1 fully saturated rings. The van der Waals surface area contributed by atoms with Crippen molar-refractivity contribution in [3.8, 4) is 11.3 Å². The molecule has 2 heterocycles. The van der Waals surface area contributed by atoms with Crippen molar-refractivity contribution < 1.29 is 4.74 Å². The van der Waals surface area contributed by atoms with Crippen LogP contribution in [-0.2, 0) is 4.74 Å². The Morgan fingerprint density at radius 2 is 2.10 bits per heavy atom. The average molecular weight is 286 g/mol. The average Bonchev–Trinajstić information content (AvgIpc) is 2.51. The summed E-state index contributed by atoms with van der Waals surface area (Å²) in [5.74, 6) is 1.28.